The Bertz CT molecular complexity index is 499. The lowest BCUT2D eigenvalue weighted by Gasteiger charge is -2.22. The fraction of sp³-hybridized carbons (Fsp3) is 0.462. The van der Waals surface area contributed by atoms with Gasteiger partial charge >= 0.3 is 5.97 Å². The highest BCUT2D eigenvalue weighted by molar-refractivity contribution is 5.88. The zero-order valence-corrected chi connectivity index (χ0v) is 10.2. The summed E-state index contributed by atoms with van der Waals surface area (Å²) in [6, 6.07) is 0.796. The van der Waals surface area contributed by atoms with Crippen LogP contribution in [0, 0.1) is 23.4 Å². The van der Waals surface area contributed by atoms with E-state index in [1.807, 2.05) is 0 Å². The summed E-state index contributed by atoms with van der Waals surface area (Å²) in [6.45, 7) is 1.59. The topological polar surface area (TPSA) is 49.3 Å². The Morgan fingerprint density at radius 2 is 1.89 bits per heavy atom. The molecule has 0 atom stereocenters. The van der Waals surface area contributed by atoms with E-state index in [0.29, 0.717) is 0 Å². The number of carboxylic acid groups (broad SMARTS) is 1. The van der Waals surface area contributed by atoms with E-state index < -0.39 is 29.0 Å². The monoisotopic (exact) mass is 273 g/mol. The average molecular weight is 273 g/mol. The van der Waals surface area contributed by atoms with Crippen molar-refractivity contribution in [1.29, 1.82) is 0 Å². The standard InChI is InChI=1S/C13H14F3NO2/c14-9-6-8(5-7-1-3-17-4-2-7)11(15)12(16)10(9)13(18)19/h6-7,17H,1-5H2,(H,18,19). The fourth-order valence-corrected chi connectivity index (χ4v) is 2.39. The second-order valence-electron chi connectivity index (χ2n) is 4.72. The van der Waals surface area contributed by atoms with Crippen LogP contribution in [-0.2, 0) is 6.42 Å². The second kappa shape index (κ2) is 5.61. The van der Waals surface area contributed by atoms with Gasteiger partial charge in [-0.1, -0.05) is 0 Å². The number of carbonyl (C=O) groups is 1. The maximum Gasteiger partial charge on any atom is 0.341 e. The van der Waals surface area contributed by atoms with Crippen molar-refractivity contribution in [2.24, 2.45) is 5.92 Å². The van der Waals surface area contributed by atoms with E-state index in [1.165, 1.54) is 0 Å². The number of carboxylic acids is 1. The number of benzene rings is 1. The molecule has 0 saturated carbocycles. The van der Waals surface area contributed by atoms with Gasteiger partial charge in [-0.15, -0.1) is 0 Å². The SMILES string of the molecule is O=C(O)c1c(F)cc(CC2CCNCC2)c(F)c1F. The van der Waals surface area contributed by atoms with Crippen molar-refractivity contribution in [3.05, 3.63) is 34.6 Å². The number of nitrogens with one attached hydrogen (secondary N) is 1. The first-order valence-electron chi connectivity index (χ1n) is 6.11. The molecule has 0 aromatic heterocycles. The summed E-state index contributed by atoms with van der Waals surface area (Å²) in [6.07, 6.45) is 1.84. The predicted octanol–water partition coefficient (Wildman–Crippen LogP) is 2.34. The molecular formula is C13H14F3NO2. The van der Waals surface area contributed by atoms with Crippen LogP contribution in [0.4, 0.5) is 13.2 Å². The molecule has 0 spiro atoms. The number of rotatable bonds is 3. The van der Waals surface area contributed by atoms with Crippen LogP contribution in [0.2, 0.25) is 0 Å². The van der Waals surface area contributed by atoms with E-state index in [0.717, 1.165) is 32.0 Å². The van der Waals surface area contributed by atoms with E-state index in [9.17, 15) is 18.0 Å². The Labute approximate surface area is 108 Å². The first-order valence-corrected chi connectivity index (χ1v) is 6.11. The molecule has 0 amide bonds. The molecule has 1 fully saturated rings. The number of halogens is 3. The third-order valence-electron chi connectivity index (χ3n) is 3.42. The van der Waals surface area contributed by atoms with Gasteiger partial charge in [0, 0.05) is 0 Å². The largest absolute Gasteiger partial charge is 0.477 e. The van der Waals surface area contributed by atoms with Crippen LogP contribution >= 0.6 is 0 Å². The Hall–Kier alpha value is -1.56. The third kappa shape index (κ3) is 2.89. The minimum Gasteiger partial charge on any atom is -0.477 e. The summed E-state index contributed by atoms with van der Waals surface area (Å²) in [4.78, 5) is 10.6. The van der Waals surface area contributed by atoms with Gasteiger partial charge in [-0.05, 0) is 49.9 Å². The zero-order valence-electron chi connectivity index (χ0n) is 10.2. The third-order valence-corrected chi connectivity index (χ3v) is 3.42. The highest BCUT2D eigenvalue weighted by atomic mass is 19.2. The van der Waals surface area contributed by atoms with E-state index >= 15 is 0 Å². The number of piperidine rings is 1. The zero-order chi connectivity index (χ0) is 14.0. The van der Waals surface area contributed by atoms with Gasteiger partial charge in [0.2, 0.25) is 0 Å². The molecule has 0 unspecified atom stereocenters. The Balaban J connectivity index is 2.29. The van der Waals surface area contributed by atoms with E-state index in [2.05, 4.69) is 5.32 Å². The smallest absolute Gasteiger partial charge is 0.341 e. The summed E-state index contributed by atoms with van der Waals surface area (Å²) >= 11 is 0. The van der Waals surface area contributed by atoms with Crippen LogP contribution in [-0.4, -0.2) is 24.2 Å². The number of hydrogen-bond acceptors (Lipinski definition) is 2. The van der Waals surface area contributed by atoms with Crippen molar-refractivity contribution in [1.82, 2.24) is 5.32 Å². The van der Waals surface area contributed by atoms with Crippen molar-refractivity contribution in [2.45, 2.75) is 19.3 Å². The minimum atomic E-state index is -1.80. The fourth-order valence-electron chi connectivity index (χ4n) is 2.39. The van der Waals surface area contributed by atoms with Crippen LogP contribution in [0.25, 0.3) is 0 Å². The lowest BCUT2D eigenvalue weighted by molar-refractivity contribution is 0.0685. The molecular weight excluding hydrogens is 259 g/mol. The highest BCUT2D eigenvalue weighted by Gasteiger charge is 2.25. The molecule has 2 N–H and O–H groups in total. The van der Waals surface area contributed by atoms with Gasteiger partial charge in [0.1, 0.15) is 11.4 Å². The minimum absolute atomic E-state index is 0.0908. The van der Waals surface area contributed by atoms with Crippen molar-refractivity contribution < 1.29 is 23.1 Å². The molecule has 1 aliphatic rings. The molecule has 104 valence electrons. The van der Waals surface area contributed by atoms with Crippen LogP contribution in [0.3, 0.4) is 0 Å². The summed E-state index contributed by atoms with van der Waals surface area (Å²) < 4.78 is 40.8. The Morgan fingerprint density at radius 1 is 1.26 bits per heavy atom. The molecule has 19 heavy (non-hydrogen) atoms. The van der Waals surface area contributed by atoms with Crippen molar-refractivity contribution in [2.75, 3.05) is 13.1 Å². The maximum atomic E-state index is 13.7. The van der Waals surface area contributed by atoms with Gasteiger partial charge in [-0.25, -0.2) is 18.0 Å². The summed E-state index contributed by atoms with van der Waals surface area (Å²) in [5, 5.41) is 11.8. The predicted molar refractivity (Wildman–Crippen MR) is 62.6 cm³/mol. The summed E-state index contributed by atoms with van der Waals surface area (Å²) in [5.41, 5.74) is -1.32. The van der Waals surface area contributed by atoms with Crippen molar-refractivity contribution in [3.63, 3.8) is 0 Å². The van der Waals surface area contributed by atoms with Crippen LogP contribution in [0.1, 0.15) is 28.8 Å². The van der Waals surface area contributed by atoms with Gasteiger partial charge in [0.05, 0.1) is 0 Å². The van der Waals surface area contributed by atoms with Gasteiger partial charge in [-0.3, -0.25) is 0 Å². The molecule has 3 nitrogen and oxygen atoms in total. The van der Waals surface area contributed by atoms with Crippen molar-refractivity contribution in [3.8, 4) is 0 Å². The molecule has 1 aromatic rings. The number of aromatic carboxylic acids is 1. The van der Waals surface area contributed by atoms with E-state index in [1.54, 1.807) is 0 Å². The average Bonchev–Trinajstić information content (AvgIpc) is 2.36. The Morgan fingerprint density at radius 3 is 2.47 bits per heavy atom. The summed E-state index contributed by atoms with van der Waals surface area (Å²) in [5.74, 6) is -5.74. The maximum absolute atomic E-state index is 13.7. The quantitative estimate of drug-likeness (QED) is 0.831. The molecule has 0 radical (unpaired) electrons. The Kier molecular flexibility index (Phi) is 4.09. The normalized spacial score (nSPS) is 16.6. The first-order chi connectivity index (χ1) is 9.00. The molecule has 1 heterocycles. The molecule has 6 heteroatoms. The lowest BCUT2D eigenvalue weighted by Crippen LogP contribution is -2.29. The summed E-state index contributed by atoms with van der Waals surface area (Å²) in [7, 11) is 0. The van der Waals surface area contributed by atoms with Gasteiger partial charge < -0.3 is 10.4 Å². The molecule has 1 saturated heterocycles. The molecule has 1 aliphatic heterocycles. The van der Waals surface area contributed by atoms with Gasteiger partial charge in [0.15, 0.2) is 11.6 Å². The van der Waals surface area contributed by atoms with Gasteiger partial charge in [0.25, 0.3) is 0 Å². The molecule has 2 rings (SSSR count). The molecule has 0 aliphatic carbocycles. The first kappa shape index (κ1) is 13.9. The van der Waals surface area contributed by atoms with E-state index in [-0.39, 0.29) is 17.9 Å². The molecule has 0 bridgehead atoms. The molecule has 1 aromatic carbocycles. The lowest BCUT2D eigenvalue weighted by atomic mass is 9.90. The van der Waals surface area contributed by atoms with Gasteiger partial charge in [-0.2, -0.15) is 0 Å². The highest BCUT2D eigenvalue weighted by Crippen LogP contribution is 2.25. The van der Waals surface area contributed by atoms with Crippen LogP contribution in [0.5, 0.6) is 0 Å². The van der Waals surface area contributed by atoms with Crippen LogP contribution in [0.15, 0.2) is 6.07 Å². The number of hydrogen-bond donors (Lipinski definition) is 2. The van der Waals surface area contributed by atoms with E-state index in [4.69, 9.17) is 5.11 Å². The second-order valence-corrected chi connectivity index (χ2v) is 4.72. The van der Waals surface area contributed by atoms with Crippen molar-refractivity contribution >= 4 is 5.97 Å². The van der Waals surface area contributed by atoms with Crippen LogP contribution < -0.4 is 5.32 Å².